The van der Waals surface area contributed by atoms with Gasteiger partial charge in [-0.25, -0.2) is 0 Å². The summed E-state index contributed by atoms with van der Waals surface area (Å²) in [6.45, 7) is 4.04. The highest BCUT2D eigenvalue weighted by atomic mass is 16.5. The molecule has 2 aromatic carbocycles. The van der Waals surface area contributed by atoms with E-state index < -0.39 is 0 Å². The van der Waals surface area contributed by atoms with Crippen LogP contribution in [0.4, 0.5) is 5.69 Å². The molecule has 0 radical (unpaired) electrons. The van der Waals surface area contributed by atoms with Crippen molar-refractivity contribution >= 4 is 11.6 Å². The minimum atomic E-state index is -0.215. The maximum Gasteiger partial charge on any atom is 0.238 e. The van der Waals surface area contributed by atoms with Gasteiger partial charge in [-0.15, -0.1) is 0 Å². The zero-order valence-corrected chi connectivity index (χ0v) is 11.6. The van der Waals surface area contributed by atoms with E-state index in [0.717, 1.165) is 22.6 Å². The fourth-order valence-electron chi connectivity index (χ4n) is 1.95. The molecule has 0 saturated heterocycles. The van der Waals surface area contributed by atoms with Crippen LogP contribution >= 0.6 is 0 Å². The van der Waals surface area contributed by atoms with E-state index in [1.54, 1.807) is 12.1 Å². The summed E-state index contributed by atoms with van der Waals surface area (Å²) in [5.74, 6) is 1.31. The second-order valence-electron chi connectivity index (χ2n) is 4.70. The number of ether oxygens (including phenoxy) is 1. The molecule has 0 fully saturated rings. The van der Waals surface area contributed by atoms with Crippen LogP contribution in [-0.2, 0) is 4.79 Å². The van der Waals surface area contributed by atoms with Crippen molar-refractivity contribution in [1.29, 1.82) is 0 Å². The van der Waals surface area contributed by atoms with Crippen LogP contribution in [0.1, 0.15) is 11.1 Å². The van der Waals surface area contributed by atoms with E-state index in [4.69, 9.17) is 10.5 Å². The predicted molar refractivity (Wildman–Crippen MR) is 80.1 cm³/mol. The van der Waals surface area contributed by atoms with Crippen LogP contribution in [0.3, 0.4) is 0 Å². The van der Waals surface area contributed by atoms with Crippen molar-refractivity contribution in [2.24, 2.45) is 5.73 Å². The second kappa shape index (κ2) is 6.21. The summed E-state index contributed by atoms with van der Waals surface area (Å²) in [6, 6.07) is 13.2. The SMILES string of the molecule is Cc1cc(C)cc(Oc2ccc(NC(=O)CN)cc2)c1. The molecule has 0 atom stereocenters. The lowest BCUT2D eigenvalue weighted by molar-refractivity contribution is -0.114. The van der Waals surface area contributed by atoms with Crippen molar-refractivity contribution in [2.45, 2.75) is 13.8 Å². The largest absolute Gasteiger partial charge is 0.457 e. The van der Waals surface area contributed by atoms with Gasteiger partial charge in [-0.05, 0) is 61.4 Å². The van der Waals surface area contributed by atoms with E-state index in [1.165, 1.54) is 0 Å². The van der Waals surface area contributed by atoms with Gasteiger partial charge in [-0.3, -0.25) is 4.79 Å². The molecule has 104 valence electrons. The fourth-order valence-corrected chi connectivity index (χ4v) is 1.95. The fraction of sp³-hybridized carbons (Fsp3) is 0.188. The first kappa shape index (κ1) is 14.1. The third kappa shape index (κ3) is 3.83. The Morgan fingerprint density at radius 3 is 2.20 bits per heavy atom. The molecule has 0 bridgehead atoms. The Balaban J connectivity index is 2.08. The number of carbonyl (C=O) groups excluding carboxylic acids is 1. The number of nitrogens with two attached hydrogens (primary N) is 1. The minimum Gasteiger partial charge on any atom is -0.457 e. The van der Waals surface area contributed by atoms with Crippen molar-refractivity contribution in [3.8, 4) is 11.5 Å². The molecule has 3 N–H and O–H groups in total. The van der Waals surface area contributed by atoms with E-state index in [2.05, 4.69) is 11.4 Å². The highest BCUT2D eigenvalue weighted by Crippen LogP contribution is 2.24. The molecule has 0 unspecified atom stereocenters. The van der Waals surface area contributed by atoms with Gasteiger partial charge < -0.3 is 15.8 Å². The summed E-state index contributed by atoms with van der Waals surface area (Å²) in [5, 5.41) is 2.68. The normalized spacial score (nSPS) is 10.2. The zero-order chi connectivity index (χ0) is 14.5. The summed E-state index contributed by atoms with van der Waals surface area (Å²) in [5.41, 5.74) is 8.26. The number of nitrogens with one attached hydrogen (secondary N) is 1. The molecule has 0 spiro atoms. The molecule has 20 heavy (non-hydrogen) atoms. The highest BCUT2D eigenvalue weighted by molar-refractivity contribution is 5.92. The smallest absolute Gasteiger partial charge is 0.238 e. The molecular formula is C16H18N2O2. The molecule has 0 saturated carbocycles. The summed E-state index contributed by atoms with van der Waals surface area (Å²) in [7, 11) is 0. The Hall–Kier alpha value is -2.33. The molecule has 1 amide bonds. The molecule has 0 heterocycles. The topological polar surface area (TPSA) is 64.3 Å². The van der Waals surface area contributed by atoms with Gasteiger partial charge in [0.1, 0.15) is 11.5 Å². The molecular weight excluding hydrogens is 252 g/mol. The number of hydrogen-bond acceptors (Lipinski definition) is 3. The molecule has 2 rings (SSSR count). The number of rotatable bonds is 4. The van der Waals surface area contributed by atoms with Gasteiger partial charge in [-0.1, -0.05) is 6.07 Å². The molecule has 0 aliphatic heterocycles. The van der Waals surface area contributed by atoms with Crippen molar-refractivity contribution in [1.82, 2.24) is 0 Å². The number of amides is 1. The van der Waals surface area contributed by atoms with E-state index in [1.807, 2.05) is 38.1 Å². The van der Waals surface area contributed by atoms with Gasteiger partial charge in [0.05, 0.1) is 6.54 Å². The summed E-state index contributed by atoms with van der Waals surface area (Å²) in [6.07, 6.45) is 0. The number of benzene rings is 2. The van der Waals surface area contributed by atoms with E-state index in [0.29, 0.717) is 5.69 Å². The number of aryl methyl sites for hydroxylation is 2. The minimum absolute atomic E-state index is 0.0270. The second-order valence-corrected chi connectivity index (χ2v) is 4.70. The van der Waals surface area contributed by atoms with Crippen molar-refractivity contribution in [3.63, 3.8) is 0 Å². The highest BCUT2D eigenvalue weighted by Gasteiger charge is 2.02. The number of carbonyl (C=O) groups is 1. The molecule has 4 nitrogen and oxygen atoms in total. The van der Waals surface area contributed by atoms with Crippen LogP contribution in [0.15, 0.2) is 42.5 Å². The lowest BCUT2D eigenvalue weighted by atomic mass is 10.1. The third-order valence-corrected chi connectivity index (χ3v) is 2.75. The van der Waals surface area contributed by atoms with E-state index in [9.17, 15) is 4.79 Å². The predicted octanol–water partition coefficient (Wildman–Crippen LogP) is 2.99. The zero-order valence-electron chi connectivity index (χ0n) is 11.6. The summed E-state index contributed by atoms with van der Waals surface area (Å²) < 4.78 is 5.79. The van der Waals surface area contributed by atoms with E-state index in [-0.39, 0.29) is 12.5 Å². The molecule has 0 aliphatic rings. The lowest BCUT2D eigenvalue weighted by Gasteiger charge is -2.09. The average Bonchev–Trinajstić information content (AvgIpc) is 2.39. The van der Waals surface area contributed by atoms with Crippen LogP contribution in [0.2, 0.25) is 0 Å². The summed E-state index contributed by atoms with van der Waals surface area (Å²) in [4.78, 5) is 11.2. The quantitative estimate of drug-likeness (QED) is 0.897. The third-order valence-electron chi connectivity index (χ3n) is 2.75. The first-order chi connectivity index (χ1) is 9.56. The maximum atomic E-state index is 11.2. The van der Waals surface area contributed by atoms with Crippen LogP contribution in [0.25, 0.3) is 0 Å². The standard InChI is InChI=1S/C16H18N2O2/c1-11-7-12(2)9-15(8-11)20-14-5-3-13(4-6-14)18-16(19)10-17/h3-9H,10,17H2,1-2H3,(H,18,19). The van der Waals surface area contributed by atoms with Crippen LogP contribution < -0.4 is 15.8 Å². The Morgan fingerprint density at radius 2 is 1.65 bits per heavy atom. The van der Waals surface area contributed by atoms with Gasteiger partial charge in [0.2, 0.25) is 5.91 Å². The first-order valence-electron chi connectivity index (χ1n) is 6.43. The van der Waals surface area contributed by atoms with Gasteiger partial charge >= 0.3 is 0 Å². The van der Waals surface area contributed by atoms with Crippen LogP contribution in [0.5, 0.6) is 11.5 Å². The Kier molecular flexibility index (Phi) is 4.38. The van der Waals surface area contributed by atoms with Crippen LogP contribution in [-0.4, -0.2) is 12.5 Å². The van der Waals surface area contributed by atoms with Gasteiger partial charge in [0, 0.05) is 5.69 Å². The van der Waals surface area contributed by atoms with Crippen LogP contribution in [0, 0.1) is 13.8 Å². The Morgan fingerprint density at radius 1 is 1.05 bits per heavy atom. The van der Waals surface area contributed by atoms with Gasteiger partial charge in [0.15, 0.2) is 0 Å². The Bertz CT molecular complexity index is 586. The van der Waals surface area contributed by atoms with Crippen molar-refractivity contribution < 1.29 is 9.53 Å². The lowest BCUT2D eigenvalue weighted by Crippen LogP contribution is -2.21. The van der Waals surface area contributed by atoms with Gasteiger partial charge in [0.25, 0.3) is 0 Å². The van der Waals surface area contributed by atoms with Gasteiger partial charge in [-0.2, -0.15) is 0 Å². The number of anilines is 1. The average molecular weight is 270 g/mol. The summed E-state index contributed by atoms with van der Waals surface area (Å²) >= 11 is 0. The molecule has 0 aliphatic carbocycles. The van der Waals surface area contributed by atoms with E-state index >= 15 is 0 Å². The molecule has 2 aromatic rings. The monoisotopic (exact) mass is 270 g/mol. The maximum absolute atomic E-state index is 11.2. The first-order valence-corrected chi connectivity index (χ1v) is 6.43. The molecule has 0 aromatic heterocycles. The molecule has 4 heteroatoms. The van der Waals surface area contributed by atoms with Crippen molar-refractivity contribution in [2.75, 3.05) is 11.9 Å². The number of hydrogen-bond donors (Lipinski definition) is 2. The van der Waals surface area contributed by atoms with Crippen molar-refractivity contribution in [3.05, 3.63) is 53.6 Å². The Labute approximate surface area is 118 Å².